The first-order valence-corrected chi connectivity index (χ1v) is 10.7. The fourth-order valence-electron chi connectivity index (χ4n) is 2.91. The van der Waals surface area contributed by atoms with Gasteiger partial charge in [-0.15, -0.1) is 0 Å². The first-order valence-electron chi connectivity index (χ1n) is 8.14. The highest BCUT2D eigenvalue weighted by atomic mass is 35.5. The molecule has 2 amide bonds. The van der Waals surface area contributed by atoms with Gasteiger partial charge in [0.2, 0.25) is 21.8 Å². The van der Waals surface area contributed by atoms with E-state index in [9.17, 15) is 18.0 Å². The number of likely N-dealkylation sites (N-methyl/N-ethyl adjacent to an activating group) is 1. The lowest BCUT2D eigenvalue weighted by molar-refractivity contribution is -0.137. The third-order valence-electron chi connectivity index (χ3n) is 4.17. The molecule has 1 unspecified atom stereocenters. The van der Waals surface area contributed by atoms with Crippen LogP contribution in [0.1, 0.15) is 19.8 Å². The van der Waals surface area contributed by atoms with Crippen LogP contribution in [0, 0.1) is 0 Å². The second-order valence-corrected chi connectivity index (χ2v) is 8.78. The number of nitrogens with one attached hydrogen (secondary N) is 1. The minimum Gasteiger partial charge on any atom is -0.332 e. The van der Waals surface area contributed by atoms with Gasteiger partial charge in [-0.3, -0.25) is 9.59 Å². The Bertz CT molecular complexity index is 780. The molecule has 1 aliphatic rings. The Morgan fingerprint density at radius 2 is 1.92 bits per heavy atom. The maximum atomic E-state index is 12.7. The minimum atomic E-state index is -3.48. The van der Waals surface area contributed by atoms with Crippen molar-refractivity contribution in [2.75, 3.05) is 31.2 Å². The fraction of sp³-hybridized carbons (Fsp3) is 0.500. The SMILES string of the molecule is CCN(CC(=O)Nc1c(Cl)cccc1Cl)C(=O)C1CCCN1S(C)(=O)=O. The van der Waals surface area contributed by atoms with Crippen LogP contribution in [-0.2, 0) is 19.6 Å². The Balaban J connectivity index is 2.09. The van der Waals surface area contributed by atoms with Gasteiger partial charge in [0, 0.05) is 13.1 Å². The average Bonchev–Trinajstić information content (AvgIpc) is 3.05. The summed E-state index contributed by atoms with van der Waals surface area (Å²) in [5.41, 5.74) is 0.281. The summed E-state index contributed by atoms with van der Waals surface area (Å²) in [7, 11) is -3.48. The molecule has 1 atom stereocenters. The van der Waals surface area contributed by atoms with Crippen LogP contribution in [0.4, 0.5) is 5.69 Å². The summed E-state index contributed by atoms with van der Waals surface area (Å²) in [6.45, 7) is 2.10. The van der Waals surface area contributed by atoms with Gasteiger partial charge in [0.05, 0.1) is 28.5 Å². The second kappa shape index (κ2) is 8.56. The maximum absolute atomic E-state index is 12.7. The number of halogens is 2. The van der Waals surface area contributed by atoms with Gasteiger partial charge in [-0.2, -0.15) is 4.31 Å². The van der Waals surface area contributed by atoms with Gasteiger partial charge in [0.1, 0.15) is 6.04 Å². The maximum Gasteiger partial charge on any atom is 0.244 e. The molecular formula is C16H21Cl2N3O4S. The van der Waals surface area contributed by atoms with Crippen molar-refractivity contribution in [1.29, 1.82) is 0 Å². The van der Waals surface area contributed by atoms with Crippen molar-refractivity contribution in [2.45, 2.75) is 25.8 Å². The van der Waals surface area contributed by atoms with Gasteiger partial charge in [0.15, 0.2) is 0 Å². The molecule has 1 fully saturated rings. The Kier molecular flexibility index (Phi) is 6.90. The van der Waals surface area contributed by atoms with E-state index < -0.39 is 22.0 Å². The number of amides is 2. The van der Waals surface area contributed by atoms with Crippen molar-refractivity contribution in [3.05, 3.63) is 28.2 Å². The lowest BCUT2D eigenvalue weighted by Gasteiger charge is -2.28. The summed E-state index contributed by atoms with van der Waals surface area (Å²) in [4.78, 5) is 26.4. The number of hydrogen-bond donors (Lipinski definition) is 1. The van der Waals surface area contributed by atoms with Crippen LogP contribution in [0.3, 0.4) is 0 Å². The predicted octanol–water partition coefficient (Wildman–Crippen LogP) is 2.20. The Morgan fingerprint density at radius 1 is 1.31 bits per heavy atom. The lowest BCUT2D eigenvalue weighted by Crippen LogP contribution is -2.49. The highest BCUT2D eigenvalue weighted by Gasteiger charge is 2.38. The smallest absolute Gasteiger partial charge is 0.244 e. The van der Waals surface area contributed by atoms with E-state index in [1.165, 1.54) is 9.21 Å². The normalized spacial score (nSPS) is 17.9. The van der Waals surface area contributed by atoms with Crippen molar-refractivity contribution >= 4 is 50.7 Å². The van der Waals surface area contributed by atoms with Crippen molar-refractivity contribution in [3.63, 3.8) is 0 Å². The lowest BCUT2D eigenvalue weighted by atomic mass is 10.2. The van der Waals surface area contributed by atoms with Crippen LogP contribution >= 0.6 is 23.2 Å². The molecule has 0 aromatic heterocycles. The number of anilines is 1. The van der Waals surface area contributed by atoms with Crippen LogP contribution < -0.4 is 5.32 Å². The Morgan fingerprint density at radius 3 is 2.46 bits per heavy atom. The van der Waals surface area contributed by atoms with Crippen molar-refractivity contribution in [2.24, 2.45) is 0 Å². The van der Waals surface area contributed by atoms with E-state index in [-0.39, 0.29) is 24.7 Å². The third kappa shape index (κ3) is 4.88. The van der Waals surface area contributed by atoms with Crippen LogP contribution in [0.15, 0.2) is 18.2 Å². The van der Waals surface area contributed by atoms with E-state index in [0.717, 1.165) is 6.26 Å². The topological polar surface area (TPSA) is 86.8 Å². The van der Waals surface area contributed by atoms with Gasteiger partial charge in [-0.1, -0.05) is 29.3 Å². The number of carbonyl (C=O) groups is 2. The second-order valence-electron chi connectivity index (χ2n) is 6.03. The molecule has 0 spiro atoms. The van der Waals surface area contributed by atoms with Crippen molar-refractivity contribution < 1.29 is 18.0 Å². The molecule has 2 rings (SSSR count). The summed E-state index contributed by atoms with van der Waals surface area (Å²) >= 11 is 12.1. The highest BCUT2D eigenvalue weighted by molar-refractivity contribution is 7.88. The van der Waals surface area contributed by atoms with Gasteiger partial charge < -0.3 is 10.2 Å². The minimum absolute atomic E-state index is 0.217. The number of benzene rings is 1. The van der Waals surface area contributed by atoms with Gasteiger partial charge in [-0.05, 0) is 31.9 Å². The molecule has 26 heavy (non-hydrogen) atoms. The van der Waals surface area contributed by atoms with E-state index in [1.807, 2.05) is 0 Å². The van der Waals surface area contributed by atoms with E-state index >= 15 is 0 Å². The molecular weight excluding hydrogens is 401 g/mol. The zero-order chi connectivity index (χ0) is 19.5. The molecule has 0 aliphatic carbocycles. The molecule has 144 valence electrons. The molecule has 1 N–H and O–H groups in total. The summed E-state index contributed by atoms with van der Waals surface area (Å²) < 4.78 is 24.9. The average molecular weight is 422 g/mol. The van der Waals surface area contributed by atoms with E-state index in [2.05, 4.69) is 5.32 Å². The van der Waals surface area contributed by atoms with Crippen molar-refractivity contribution in [1.82, 2.24) is 9.21 Å². The third-order valence-corrected chi connectivity index (χ3v) is 6.09. The first-order chi connectivity index (χ1) is 12.1. The summed E-state index contributed by atoms with van der Waals surface area (Å²) in [6, 6.07) is 4.08. The molecule has 1 saturated heterocycles. The van der Waals surface area contributed by atoms with E-state index in [0.29, 0.717) is 29.4 Å². The van der Waals surface area contributed by atoms with Crippen LogP contribution in [0.2, 0.25) is 10.0 Å². The zero-order valence-corrected chi connectivity index (χ0v) is 16.9. The van der Waals surface area contributed by atoms with E-state index in [1.54, 1.807) is 25.1 Å². The Hall–Kier alpha value is -1.35. The number of hydrogen-bond acceptors (Lipinski definition) is 4. The Labute approximate surface area is 163 Å². The molecule has 1 aromatic rings. The van der Waals surface area contributed by atoms with Crippen molar-refractivity contribution in [3.8, 4) is 0 Å². The number of para-hydroxylation sites is 1. The summed E-state index contributed by atoms with van der Waals surface area (Å²) in [5, 5.41) is 3.18. The standard InChI is InChI=1S/C16H21Cl2N3O4S/c1-3-20(16(23)13-8-5-9-21(13)26(2,24)25)10-14(22)19-15-11(17)6-4-7-12(15)18/h4,6-7,13H,3,5,8-10H2,1-2H3,(H,19,22). The first kappa shape index (κ1) is 21.0. The number of sulfonamides is 1. The monoisotopic (exact) mass is 421 g/mol. The number of nitrogens with zero attached hydrogens (tertiary/aromatic N) is 2. The largest absolute Gasteiger partial charge is 0.332 e. The molecule has 0 bridgehead atoms. The number of rotatable bonds is 6. The van der Waals surface area contributed by atoms with Crippen LogP contribution in [-0.4, -0.2) is 61.4 Å². The molecule has 0 saturated carbocycles. The van der Waals surface area contributed by atoms with Gasteiger partial charge in [0.25, 0.3) is 0 Å². The molecule has 1 aliphatic heterocycles. The molecule has 10 heteroatoms. The summed E-state index contributed by atoms with van der Waals surface area (Å²) in [6.07, 6.45) is 2.14. The zero-order valence-electron chi connectivity index (χ0n) is 14.5. The number of carbonyl (C=O) groups excluding carboxylic acids is 2. The molecule has 7 nitrogen and oxygen atoms in total. The summed E-state index contributed by atoms with van der Waals surface area (Å²) in [5.74, 6) is -0.838. The van der Waals surface area contributed by atoms with Gasteiger partial charge >= 0.3 is 0 Å². The fourth-order valence-corrected chi connectivity index (χ4v) is 4.52. The van der Waals surface area contributed by atoms with Crippen LogP contribution in [0.25, 0.3) is 0 Å². The van der Waals surface area contributed by atoms with Crippen LogP contribution in [0.5, 0.6) is 0 Å². The molecule has 1 heterocycles. The highest BCUT2D eigenvalue weighted by Crippen LogP contribution is 2.29. The van der Waals surface area contributed by atoms with Gasteiger partial charge in [-0.25, -0.2) is 8.42 Å². The molecule has 1 aromatic carbocycles. The quantitative estimate of drug-likeness (QED) is 0.762. The predicted molar refractivity (Wildman–Crippen MR) is 102 cm³/mol. The van der Waals surface area contributed by atoms with E-state index in [4.69, 9.17) is 23.2 Å². The molecule has 0 radical (unpaired) electrons.